The molecule has 2 heterocycles. The van der Waals surface area contributed by atoms with Gasteiger partial charge in [0.05, 0.1) is 15.7 Å². The van der Waals surface area contributed by atoms with Crippen molar-refractivity contribution >= 4 is 38.8 Å². The zero-order chi connectivity index (χ0) is 24.7. The fourth-order valence-electron chi connectivity index (χ4n) is 4.52. The summed E-state index contributed by atoms with van der Waals surface area (Å²) < 4.78 is 8.81. The Morgan fingerprint density at radius 2 is 1.97 bits per heavy atom. The molecule has 4 aromatic rings. The van der Waals surface area contributed by atoms with Crippen molar-refractivity contribution < 1.29 is 19.1 Å². The summed E-state index contributed by atoms with van der Waals surface area (Å²) in [4.78, 5) is 29.6. The summed E-state index contributed by atoms with van der Waals surface area (Å²) in [6.07, 6.45) is 2.87. The maximum atomic E-state index is 13.0. The molecule has 2 aromatic heterocycles. The number of nitrogens with one attached hydrogen (secondary N) is 1. The Balaban J connectivity index is 1.57. The SMILES string of the molecule is CCNC(=O)c1c(C2CC2)nc(CC)n1Cc1ccc2oc(-c3ccccc3C(=O)O)c(Br)c2c1. The predicted octanol–water partition coefficient (Wildman–Crippen LogP) is 5.99. The third kappa shape index (κ3) is 4.27. The van der Waals surface area contributed by atoms with Crippen LogP contribution in [-0.4, -0.2) is 33.1 Å². The lowest BCUT2D eigenvalue weighted by Crippen LogP contribution is -2.27. The number of halogens is 1. The Kier molecular flexibility index (Phi) is 6.23. The van der Waals surface area contributed by atoms with Crippen molar-refractivity contribution in [2.75, 3.05) is 6.54 Å². The zero-order valence-corrected chi connectivity index (χ0v) is 21.2. The Hall–Kier alpha value is -3.39. The van der Waals surface area contributed by atoms with Gasteiger partial charge in [0.25, 0.3) is 5.91 Å². The Morgan fingerprint density at radius 3 is 2.66 bits per heavy atom. The van der Waals surface area contributed by atoms with Crippen LogP contribution in [0, 0.1) is 0 Å². The molecule has 2 aromatic carbocycles. The summed E-state index contributed by atoms with van der Waals surface area (Å²) in [7, 11) is 0. The number of furan rings is 1. The van der Waals surface area contributed by atoms with Crippen LogP contribution in [0.15, 0.2) is 51.4 Å². The molecule has 8 heteroatoms. The van der Waals surface area contributed by atoms with Gasteiger partial charge in [0, 0.05) is 36.4 Å². The number of carbonyl (C=O) groups is 2. The van der Waals surface area contributed by atoms with Crippen molar-refractivity contribution in [3.05, 3.63) is 75.3 Å². The summed E-state index contributed by atoms with van der Waals surface area (Å²) in [6.45, 7) is 5.04. The molecule has 0 atom stereocenters. The minimum absolute atomic E-state index is 0.0836. The first-order valence-electron chi connectivity index (χ1n) is 11.8. The van der Waals surface area contributed by atoms with Crippen molar-refractivity contribution in [3.63, 3.8) is 0 Å². The number of carboxylic acid groups (broad SMARTS) is 1. The van der Waals surface area contributed by atoms with E-state index >= 15 is 0 Å². The Morgan fingerprint density at radius 1 is 1.20 bits per heavy atom. The average Bonchev–Trinajstić information content (AvgIpc) is 3.56. The molecule has 1 saturated carbocycles. The minimum atomic E-state index is -1.01. The number of aromatic carboxylic acids is 1. The second kappa shape index (κ2) is 9.34. The molecule has 0 aliphatic heterocycles. The standard InChI is InChI=1S/C27H26BrN3O4/c1-3-21-30-23(16-10-11-16)24(26(32)29-4-2)31(21)14-15-9-12-20-19(13-15)22(28)25(35-20)17-7-5-6-8-18(17)27(33)34/h5-9,12-13,16H,3-4,10-11,14H2,1-2H3,(H,29,32)(H,33,34). The molecule has 1 aliphatic rings. The molecule has 180 valence electrons. The number of aryl methyl sites for hydroxylation is 1. The van der Waals surface area contributed by atoms with Gasteiger partial charge in [-0.05, 0) is 59.5 Å². The topological polar surface area (TPSA) is 97.4 Å². The second-order valence-corrected chi connectivity index (χ2v) is 9.55. The van der Waals surface area contributed by atoms with Gasteiger partial charge in [0.15, 0.2) is 0 Å². The van der Waals surface area contributed by atoms with E-state index in [2.05, 4.69) is 28.2 Å². The number of aromatic nitrogens is 2. The van der Waals surface area contributed by atoms with Gasteiger partial charge in [-0.3, -0.25) is 4.79 Å². The van der Waals surface area contributed by atoms with E-state index in [-0.39, 0.29) is 11.5 Å². The largest absolute Gasteiger partial charge is 0.478 e. The lowest BCUT2D eigenvalue weighted by Gasteiger charge is -2.12. The summed E-state index contributed by atoms with van der Waals surface area (Å²) in [5.74, 6) is 0.646. The lowest BCUT2D eigenvalue weighted by molar-refractivity contribution is 0.0697. The first-order valence-corrected chi connectivity index (χ1v) is 12.6. The molecule has 0 bridgehead atoms. The molecule has 1 aliphatic carbocycles. The number of hydrogen-bond donors (Lipinski definition) is 2. The molecule has 5 rings (SSSR count). The van der Waals surface area contributed by atoms with Crippen LogP contribution in [0.5, 0.6) is 0 Å². The van der Waals surface area contributed by atoms with E-state index in [9.17, 15) is 14.7 Å². The predicted molar refractivity (Wildman–Crippen MR) is 137 cm³/mol. The van der Waals surface area contributed by atoms with E-state index in [0.717, 1.165) is 41.7 Å². The number of benzene rings is 2. The number of rotatable bonds is 8. The van der Waals surface area contributed by atoms with Gasteiger partial charge in [-0.25, -0.2) is 9.78 Å². The summed E-state index contributed by atoms with van der Waals surface area (Å²) in [5, 5.41) is 13.4. The fourth-order valence-corrected chi connectivity index (χ4v) is 5.13. The molecule has 1 fully saturated rings. The number of nitrogens with zero attached hydrogens (tertiary/aromatic N) is 2. The van der Waals surface area contributed by atoms with Crippen molar-refractivity contribution in [1.82, 2.24) is 14.9 Å². The van der Waals surface area contributed by atoms with Gasteiger partial charge in [-0.2, -0.15) is 0 Å². The van der Waals surface area contributed by atoms with Crippen LogP contribution in [-0.2, 0) is 13.0 Å². The number of carbonyl (C=O) groups excluding carboxylic acids is 1. The van der Waals surface area contributed by atoms with E-state index < -0.39 is 5.97 Å². The average molecular weight is 536 g/mol. The second-order valence-electron chi connectivity index (χ2n) is 8.76. The maximum Gasteiger partial charge on any atom is 0.336 e. The van der Waals surface area contributed by atoms with Gasteiger partial charge in [0.2, 0.25) is 0 Å². The van der Waals surface area contributed by atoms with Crippen LogP contribution in [0.1, 0.15) is 70.5 Å². The van der Waals surface area contributed by atoms with E-state index in [1.54, 1.807) is 24.3 Å². The first-order chi connectivity index (χ1) is 16.9. The highest BCUT2D eigenvalue weighted by atomic mass is 79.9. The monoisotopic (exact) mass is 535 g/mol. The van der Waals surface area contributed by atoms with E-state index in [1.165, 1.54) is 0 Å². The highest BCUT2D eigenvalue weighted by molar-refractivity contribution is 9.10. The number of fused-ring (bicyclic) bond motifs is 1. The van der Waals surface area contributed by atoms with Crippen molar-refractivity contribution in [3.8, 4) is 11.3 Å². The Labute approximate surface area is 211 Å². The van der Waals surface area contributed by atoms with E-state index in [0.29, 0.717) is 46.1 Å². The highest BCUT2D eigenvalue weighted by Gasteiger charge is 2.33. The molecule has 0 saturated heterocycles. The summed E-state index contributed by atoms with van der Waals surface area (Å²) in [5.41, 5.74) is 3.91. The molecule has 2 N–H and O–H groups in total. The third-order valence-electron chi connectivity index (χ3n) is 6.34. The molecule has 7 nitrogen and oxygen atoms in total. The van der Waals surface area contributed by atoms with Crippen LogP contribution >= 0.6 is 15.9 Å². The normalized spacial score (nSPS) is 13.3. The number of imidazole rings is 1. The van der Waals surface area contributed by atoms with Crippen molar-refractivity contribution in [2.24, 2.45) is 0 Å². The molecule has 1 amide bonds. The van der Waals surface area contributed by atoms with Crippen LogP contribution in [0.2, 0.25) is 0 Å². The van der Waals surface area contributed by atoms with Gasteiger partial charge < -0.3 is 19.4 Å². The quantitative estimate of drug-likeness (QED) is 0.288. The van der Waals surface area contributed by atoms with Crippen molar-refractivity contribution in [1.29, 1.82) is 0 Å². The molecule has 35 heavy (non-hydrogen) atoms. The molecule has 0 spiro atoms. The Bertz CT molecular complexity index is 1450. The first kappa shape index (κ1) is 23.4. The van der Waals surface area contributed by atoms with Crippen LogP contribution < -0.4 is 5.32 Å². The van der Waals surface area contributed by atoms with Crippen LogP contribution in [0.3, 0.4) is 0 Å². The highest BCUT2D eigenvalue weighted by Crippen LogP contribution is 2.42. The lowest BCUT2D eigenvalue weighted by atomic mass is 10.0. The smallest absolute Gasteiger partial charge is 0.336 e. The molecular weight excluding hydrogens is 510 g/mol. The van der Waals surface area contributed by atoms with E-state index in [4.69, 9.17) is 9.40 Å². The van der Waals surface area contributed by atoms with Crippen LogP contribution in [0.4, 0.5) is 0 Å². The van der Waals surface area contributed by atoms with Gasteiger partial charge in [-0.1, -0.05) is 31.2 Å². The van der Waals surface area contributed by atoms with Crippen LogP contribution in [0.25, 0.3) is 22.3 Å². The van der Waals surface area contributed by atoms with Gasteiger partial charge in [0.1, 0.15) is 22.9 Å². The fraction of sp³-hybridized carbons (Fsp3) is 0.296. The van der Waals surface area contributed by atoms with Gasteiger partial charge in [-0.15, -0.1) is 0 Å². The summed E-state index contributed by atoms with van der Waals surface area (Å²) in [6, 6.07) is 12.7. The minimum Gasteiger partial charge on any atom is -0.478 e. The van der Waals surface area contributed by atoms with Gasteiger partial charge >= 0.3 is 5.97 Å². The summed E-state index contributed by atoms with van der Waals surface area (Å²) >= 11 is 3.64. The molecule has 0 unspecified atom stereocenters. The molecular formula is C27H26BrN3O4. The number of amides is 1. The molecule has 0 radical (unpaired) electrons. The zero-order valence-electron chi connectivity index (χ0n) is 19.6. The maximum absolute atomic E-state index is 13.0. The third-order valence-corrected chi connectivity index (χ3v) is 7.13. The van der Waals surface area contributed by atoms with Crippen molar-refractivity contribution in [2.45, 2.75) is 45.6 Å². The number of carboxylic acids is 1. The number of hydrogen-bond acceptors (Lipinski definition) is 4. The van der Waals surface area contributed by atoms with E-state index in [1.807, 2.05) is 29.7 Å².